The van der Waals surface area contributed by atoms with Gasteiger partial charge in [-0.05, 0) is 38.8 Å². The van der Waals surface area contributed by atoms with Crippen molar-refractivity contribution in [3.63, 3.8) is 0 Å². The molecule has 1 saturated carbocycles. The molecule has 2 rings (SSSR count). The van der Waals surface area contributed by atoms with Crippen molar-refractivity contribution in [2.45, 2.75) is 51.5 Å². The summed E-state index contributed by atoms with van der Waals surface area (Å²) in [6.45, 7) is 7.15. The summed E-state index contributed by atoms with van der Waals surface area (Å²) in [5.74, 6) is 0.307. The fraction of sp³-hybridized carbons (Fsp3) is 1.00. The van der Waals surface area contributed by atoms with Crippen LogP contribution in [0.3, 0.4) is 0 Å². The Morgan fingerprint density at radius 1 is 1.05 bits per heavy atom. The number of nitrogens with zero attached hydrogens (tertiary/aromatic N) is 2. The third-order valence-corrected chi connectivity index (χ3v) is 6.72. The van der Waals surface area contributed by atoms with Crippen molar-refractivity contribution in [3.05, 3.63) is 0 Å². The summed E-state index contributed by atoms with van der Waals surface area (Å²) in [5, 5.41) is 3.24. The molecule has 124 valence electrons. The van der Waals surface area contributed by atoms with Crippen LogP contribution >= 0.6 is 0 Å². The number of nitrogens with one attached hydrogen (secondary N) is 1. The molecule has 0 bridgehead atoms. The molecule has 1 aliphatic heterocycles. The highest BCUT2D eigenvalue weighted by molar-refractivity contribution is 7.89. The van der Waals surface area contributed by atoms with Crippen LogP contribution < -0.4 is 5.32 Å². The molecule has 0 aromatic heterocycles. The second kappa shape index (κ2) is 8.46. The van der Waals surface area contributed by atoms with Crippen LogP contribution in [0.4, 0.5) is 0 Å². The van der Waals surface area contributed by atoms with Gasteiger partial charge in [0.2, 0.25) is 10.0 Å². The lowest BCUT2D eigenvalue weighted by molar-refractivity contribution is 0.139. The van der Waals surface area contributed by atoms with E-state index < -0.39 is 10.0 Å². The van der Waals surface area contributed by atoms with Gasteiger partial charge in [-0.15, -0.1) is 0 Å². The van der Waals surface area contributed by atoms with Gasteiger partial charge in [-0.2, -0.15) is 4.31 Å². The van der Waals surface area contributed by atoms with Crippen LogP contribution in [0.25, 0.3) is 0 Å². The average molecular weight is 317 g/mol. The second-order valence-corrected chi connectivity index (χ2v) is 8.34. The Balaban J connectivity index is 1.69. The summed E-state index contributed by atoms with van der Waals surface area (Å²) < 4.78 is 26.4. The van der Waals surface area contributed by atoms with E-state index in [1.54, 1.807) is 4.31 Å². The summed E-state index contributed by atoms with van der Waals surface area (Å²) in [7, 11) is -3.04. The zero-order valence-corrected chi connectivity index (χ0v) is 14.2. The first kappa shape index (κ1) is 17.2. The van der Waals surface area contributed by atoms with Crippen molar-refractivity contribution in [2.24, 2.45) is 0 Å². The van der Waals surface area contributed by atoms with Gasteiger partial charge >= 0.3 is 0 Å². The van der Waals surface area contributed by atoms with Crippen LogP contribution in [-0.2, 0) is 10.0 Å². The Morgan fingerprint density at radius 2 is 1.71 bits per heavy atom. The van der Waals surface area contributed by atoms with Gasteiger partial charge in [0.25, 0.3) is 0 Å². The number of piperazine rings is 1. The van der Waals surface area contributed by atoms with Crippen molar-refractivity contribution in [3.8, 4) is 0 Å². The quantitative estimate of drug-likeness (QED) is 0.685. The van der Waals surface area contributed by atoms with Gasteiger partial charge in [-0.3, -0.25) is 4.90 Å². The smallest absolute Gasteiger partial charge is 0.214 e. The molecule has 1 saturated heterocycles. The lowest BCUT2D eigenvalue weighted by Crippen LogP contribution is -2.51. The van der Waals surface area contributed by atoms with E-state index in [4.69, 9.17) is 0 Å². The molecule has 0 spiro atoms. The van der Waals surface area contributed by atoms with Crippen LogP contribution in [0.15, 0.2) is 0 Å². The molecule has 1 heterocycles. The number of sulfonamides is 1. The lowest BCUT2D eigenvalue weighted by Gasteiger charge is -2.37. The minimum Gasteiger partial charge on any atom is -0.317 e. The first-order chi connectivity index (χ1) is 10.1. The molecule has 0 radical (unpaired) electrons. The zero-order chi connectivity index (χ0) is 15.1. The van der Waals surface area contributed by atoms with Crippen molar-refractivity contribution in [1.82, 2.24) is 14.5 Å². The Hall–Kier alpha value is -0.170. The van der Waals surface area contributed by atoms with Crippen molar-refractivity contribution in [1.29, 1.82) is 0 Å². The SMILES string of the molecule is CCNCCCCS(=O)(=O)N1CCN(C2CCCC2)CC1. The summed E-state index contributed by atoms with van der Waals surface area (Å²) in [5.41, 5.74) is 0. The van der Waals surface area contributed by atoms with Crippen molar-refractivity contribution in [2.75, 3.05) is 45.0 Å². The maximum absolute atomic E-state index is 12.3. The highest BCUT2D eigenvalue weighted by Crippen LogP contribution is 2.24. The van der Waals surface area contributed by atoms with Gasteiger partial charge in [0.05, 0.1) is 5.75 Å². The predicted octanol–water partition coefficient (Wildman–Crippen LogP) is 1.27. The Kier molecular flexibility index (Phi) is 6.92. The fourth-order valence-electron chi connectivity index (χ4n) is 3.46. The topological polar surface area (TPSA) is 52.7 Å². The molecule has 0 atom stereocenters. The van der Waals surface area contributed by atoms with Gasteiger partial charge in [0.1, 0.15) is 0 Å². The van der Waals surface area contributed by atoms with Gasteiger partial charge in [0.15, 0.2) is 0 Å². The van der Waals surface area contributed by atoms with E-state index in [2.05, 4.69) is 17.1 Å². The van der Waals surface area contributed by atoms with E-state index in [0.29, 0.717) is 18.8 Å². The molecule has 2 fully saturated rings. The Morgan fingerprint density at radius 3 is 2.33 bits per heavy atom. The third kappa shape index (κ3) is 5.20. The fourth-order valence-corrected chi connectivity index (χ4v) is 5.00. The molecule has 1 aliphatic carbocycles. The third-order valence-electron chi connectivity index (χ3n) is 4.76. The first-order valence-corrected chi connectivity index (χ1v) is 10.2. The minimum atomic E-state index is -3.04. The predicted molar refractivity (Wildman–Crippen MR) is 87.0 cm³/mol. The largest absolute Gasteiger partial charge is 0.317 e. The maximum Gasteiger partial charge on any atom is 0.214 e. The molecule has 0 unspecified atom stereocenters. The number of hydrogen-bond acceptors (Lipinski definition) is 4. The first-order valence-electron chi connectivity index (χ1n) is 8.56. The molecule has 1 N–H and O–H groups in total. The van der Waals surface area contributed by atoms with E-state index in [1.807, 2.05) is 0 Å². The van der Waals surface area contributed by atoms with Gasteiger partial charge < -0.3 is 5.32 Å². The minimum absolute atomic E-state index is 0.307. The molecular formula is C15H31N3O2S. The van der Waals surface area contributed by atoms with E-state index >= 15 is 0 Å². The standard InChI is InChI=1S/C15H31N3O2S/c1-2-16-9-5-6-14-21(19,20)18-12-10-17(11-13-18)15-7-3-4-8-15/h15-16H,2-14H2,1H3. The molecule has 5 nitrogen and oxygen atoms in total. The summed E-state index contributed by atoms with van der Waals surface area (Å²) in [6, 6.07) is 0.718. The number of rotatable bonds is 8. The van der Waals surface area contributed by atoms with E-state index in [1.165, 1.54) is 25.7 Å². The van der Waals surface area contributed by atoms with Gasteiger partial charge in [-0.1, -0.05) is 19.8 Å². The number of unbranched alkanes of at least 4 members (excludes halogenated alkanes) is 1. The lowest BCUT2D eigenvalue weighted by atomic mass is 10.2. The van der Waals surface area contributed by atoms with Crippen LogP contribution in [0, 0.1) is 0 Å². The maximum atomic E-state index is 12.3. The second-order valence-electron chi connectivity index (χ2n) is 6.25. The van der Waals surface area contributed by atoms with E-state index in [9.17, 15) is 8.42 Å². The normalized spacial score (nSPS) is 22.9. The Labute approximate surface area is 130 Å². The summed E-state index contributed by atoms with van der Waals surface area (Å²) in [4.78, 5) is 2.50. The van der Waals surface area contributed by atoms with Crippen LogP contribution in [-0.4, -0.2) is 68.7 Å². The van der Waals surface area contributed by atoms with Crippen LogP contribution in [0.2, 0.25) is 0 Å². The number of hydrogen-bond donors (Lipinski definition) is 1. The molecule has 2 aliphatic rings. The highest BCUT2D eigenvalue weighted by atomic mass is 32.2. The van der Waals surface area contributed by atoms with E-state index in [-0.39, 0.29) is 0 Å². The van der Waals surface area contributed by atoms with Crippen LogP contribution in [0.1, 0.15) is 45.4 Å². The zero-order valence-electron chi connectivity index (χ0n) is 13.4. The highest BCUT2D eigenvalue weighted by Gasteiger charge is 2.30. The molecule has 0 amide bonds. The van der Waals surface area contributed by atoms with Crippen molar-refractivity contribution < 1.29 is 8.42 Å². The van der Waals surface area contributed by atoms with Crippen LogP contribution in [0.5, 0.6) is 0 Å². The Bertz CT molecular complexity index is 386. The summed E-state index contributed by atoms with van der Waals surface area (Å²) in [6.07, 6.45) is 6.99. The molecule has 21 heavy (non-hydrogen) atoms. The summed E-state index contributed by atoms with van der Waals surface area (Å²) >= 11 is 0. The average Bonchev–Trinajstić information content (AvgIpc) is 3.01. The molecular weight excluding hydrogens is 286 g/mol. The molecule has 0 aromatic carbocycles. The molecule has 6 heteroatoms. The van der Waals surface area contributed by atoms with E-state index in [0.717, 1.165) is 45.1 Å². The van der Waals surface area contributed by atoms with Crippen molar-refractivity contribution >= 4 is 10.0 Å². The monoisotopic (exact) mass is 317 g/mol. The molecule has 0 aromatic rings. The van der Waals surface area contributed by atoms with Gasteiger partial charge in [-0.25, -0.2) is 8.42 Å². The van der Waals surface area contributed by atoms with Gasteiger partial charge in [0, 0.05) is 32.2 Å².